The summed E-state index contributed by atoms with van der Waals surface area (Å²) < 4.78 is 31.9. The predicted molar refractivity (Wildman–Crippen MR) is 92.8 cm³/mol. The number of nitrogens with one attached hydrogen (secondary N) is 1. The second-order valence-electron chi connectivity index (χ2n) is 5.27. The first-order valence-corrected chi connectivity index (χ1v) is 9.26. The van der Waals surface area contributed by atoms with Gasteiger partial charge in [-0.05, 0) is 35.9 Å². The van der Waals surface area contributed by atoms with E-state index in [0.717, 1.165) is 0 Å². The average molecular weight is 367 g/mol. The molecule has 1 heterocycles. The molecule has 1 fully saturated rings. The molecule has 1 saturated heterocycles. The molecular weight excluding hydrogens is 352 g/mol. The fourth-order valence-electron chi connectivity index (χ4n) is 2.37. The summed E-state index contributed by atoms with van der Waals surface area (Å²) in [5.41, 5.74) is 1.60. The Morgan fingerprint density at radius 1 is 1.12 bits per heavy atom. The molecule has 0 radical (unpaired) electrons. The number of carbonyl (C=O) groups is 1. The van der Waals surface area contributed by atoms with Gasteiger partial charge in [-0.3, -0.25) is 9.62 Å². The maximum Gasteiger partial charge on any atom is 0.414 e. The second kappa shape index (κ2) is 6.70. The van der Waals surface area contributed by atoms with Crippen LogP contribution in [0.3, 0.4) is 0 Å². The lowest BCUT2D eigenvalue weighted by Gasteiger charge is -2.14. The quantitative estimate of drug-likeness (QED) is 0.881. The van der Waals surface area contributed by atoms with E-state index in [-0.39, 0.29) is 5.75 Å². The summed E-state index contributed by atoms with van der Waals surface area (Å²) in [6.07, 6.45) is -0.401. The number of nitrogens with zero attached hydrogens (tertiary/aromatic N) is 1. The molecule has 0 saturated carbocycles. The van der Waals surface area contributed by atoms with Gasteiger partial charge in [-0.15, -0.1) is 0 Å². The highest BCUT2D eigenvalue weighted by Crippen LogP contribution is 2.23. The van der Waals surface area contributed by atoms with Gasteiger partial charge in [0.05, 0.1) is 12.3 Å². The Morgan fingerprint density at radius 2 is 1.83 bits per heavy atom. The Labute approximate surface area is 145 Å². The minimum absolute atomic E-state index is 0.215. The molecule has 2 aromatic rings. The molecule has 3 rings (SSSR count). The lowest BCUT2D eigenvalue weighted by atomic mass is 10.2. The largest absolute Gasteiger partial charge is 0.447 e. The van der Waals surface area contributed by atoms with Crippen LogP contribution in [0.15, 0.2) is 48.5 Å². The van der Waals surface area contributed by atoms with Gasteiger partial charge in [0.2, 0.25) is 10.0 Å². The molecule has 1 aliphatic heterocycles. The van der Waals surface area contributed by atoms with E-state index in [4.69, 9.17) is 16.3 Å². The summed E-state index contributed by atoms with van der Waals surface area (Å²) in [4.78, 5) is 13.0. The molecule has 0 aromatic heterocycles. The van der Waals surface area contributed by atoms with Crippen LogP contribution in [0.5, 0.6) is 0 Å². The van der Waals surface area contributed by atoms with Crippen molar-refractivity contribution in [1.29, 1.82) is 0 Å². The number of rotatable bonds is 5. The zero-order valence-corrected chi connectivity index (χ0v) is 14.2. The lowest BCUT2D eigenvalue weighted by Crippen LogP contribution is -2.23. The molecule has 0 aliphatic carbocycles. The van der Waals surface area contributed by atoms with Crippen molar-refractivity contribution in [2.45, 2.75) is 5.75 Å². The van der Waals surface area contributed by atoms with Crippen molar-refractivity contribution < 1.29 is 17.9 Å². The molecule has 1 N–H and O–H groups in total. The third kappa shape index (κ3) is 3.80. The first-order chi connectivity index (χ1) is 11.4. The van der Waals surface area contributed by atoms with Crippen molar-refractivity contribution in [1.82, 2.24) is 0 Å². The predicted octanol–water partition coefficient (Wildman–Crippen LogP) is 3.24. The number of cyclic esters (lactones) is 1. The Kier molecular flexibility index (Phi) is 4.64. The van der Waals surface area contributed by atoms with E-state index in [1.54, 1.807) is 48.5 Å². The highest BCUT2D eigenvalue weighted by molar-refractivity contribution is 7.91. The summed E-state index contributed by atoms with van der Waals surface area (Å²) in [7, 11) is -3.59. The van der Waals surface area contributed by atoms with Crippen LogP contribution in [-0.4, -0.2) is 27.7 Å². The molecule has 1 amide bonds. The fraction of sp³-hybridized carbons (Fsp3) is 0.188. The van der Waals surface area contributed by atoms with Gasteiger partial charge in [-0.1, -0.05) is 29.8 Å². The number of hydrogen-bond donors (Lipinski definition) is 1. The van der Waals surface area contributed by atoms with Crippen molar-refractivity contribution in [3.63, 3.8) is 0 Å². The van der Waals surface area contributed by atoms with Crippen molar-refractivity contribution in [3.05, 3.63) is 59.1 Å². The van der Waals surface area contributed by atoms with E-state index in [1.165, 1.54) is 4.90 Å². The fourth-order valence-corrected chi connectivity index (χ4v) is 3.88. The molecule has 1 aliphatic rings. The molecule has 6 nitrogen and oxygen atoms in total. The van der Waals surface area contributed by atoms with Gasteiger partial charge in [-0.2, -0.15) is 0 Å². The number of carbonyl (C=O) groups excluding carboxylic acids is 1. The van der Waals surface area contributed by atoms with Crippen LogP contribution in [0, 0.1) is 0 Å². The standard InChI is InChI=1S/C16H15ClN2O4S/c17-15-4-2-1-3-12(15)11-24(21,22)18-13-5-7-14(8-6-13)19-9-10-23-16(19)20/h1-8,18H,9-11H2. The van der Waals surface area contributed by atoms with Gasteiger partial charge < -0.3 is 4.74 Å². The highest BCUT2D eigenvalue weighted by atomic mass is 35.5. The SMILES string of the molecule is O=C1OCCN1c1ccc(NS(=O)(=O)Cc2ccccc2Cl)cc1. The van der Waals surface area contributed by atoms with E-state index in [0.29, 0.717) is 35.1 Å². The van der Waals surface area contributed by atoms with Crippen molar-refractivity contribution in [3.8, 4) is 0 Å². The van der Waals surface area contributed by atoms with Crippen LogP contribution < -0.4 is 9.62 Å². The molecule has 2 aromatic carbocycles. The molecule has 0 spiro atoms. The molecule has 8 heteroatoms. The van der Waals surface area contributed by atoms with Crippen molar-refractivity contribution in [2.24, 2.45) is 0 Å². The Balaban J connectivity index is 1.71. The van der Waals surface area contributed by atoms with Crippen molar-refractivity contribution >= 4 is 39.1 Å². The minimum atomic E-state index is -3.59. The number of halogens is 1. The van der Waals surface area contributed by atoms with E-state index >= 15 is 0 Å². The van der Waals surface area contributed by atoms with E-state index in [2.05, 4.69) is 4.72 Å². The van der Waals surface area contributed by atoms with Crippen LogP contribution in [0.1, 0.15) is 5.56 Å². The Bertz CT molecular complexity index is 853. The van der Waals surface area contributed by atoms with Crippen LogP contribution in [0.25, 0.3) is 0 Å². The van der Waals surface area contributed by atoms with Gasteiger partial charge in [0.25, 0.3) is 0 Å². The van der Waals surface area contributed by atoms with Crippen LogP contribution in [0.4, 0.5) is 16.2 Å². The molecule has 0 atom stereocenters. The van der Waals surface area contributed by atoms with Gasteiger partial charge in [-0.25, -0.2) is 13.2 Å². The molecule has 0 unspecified atom stereocenters. The third-order valence-corrected chi connectivity index (χ3v) is 5.12. The normalized spacial score (nSPS) is 14.5. The lowest BCUT2D eigenvalue weighted by molar-refractivity contribution is 0.181. The van der Waals surface area contributed by atoms with Crippen molar-refractivity contribution in [2.75, 3.05) is 22.8 Å². The molecule has 24 heavy (non-hydrogen) atoms. The zero-order chi connectivity index (χ0) is 17.2. The number of benzene rings is 2. The maximum atomic E-state index is 12.3. The zero-order valence-electron chi connectivity index (χ0n) is 12.6. The van der Waals surface area contributed by atoms with E-state index < -0.39 is 16.1 Å². The molecular formula is C16H15ClN2O4S. The average Bonchev–Trinajstić information content (AvgIpc) is 2.96. The molecule has 126 valence electrons. The number of ether oxygens (including phenoxy) is 1. The Morgan fingerprint density at radius 3 is 2.46 bits per heavy atom. The summed E-state index contributed by atoms with van der Waals surface area (Å²) in [6.45, 7) is 0.835. The summed E-state index contributed by atoms with van der Waals surface area (Å²) in [5, 5.41) is 0.408. The summed E-state index contributed by atoms with van der Waals surface area (Å²) >= 11 is 6.00. The molecule has 0 bridgehead atoms. The van der Waals surface area contributed by atoms with Gasteiger partial charge in [0.1, 0.15) is 6.61 Å². The first-order valence-electron chi connectivity index (χ1n) is 7.23. The van der Waals surface area contributed by atoms with Crippen LogP contribution in [-0.2, 0) is 20.5 Å². The summed E-state index contributed by atoms with van der Waals surface area (Å²) in [5.74, 6) is -0.215. The minimum Gasteiger partial charge on any atom is -0.447 e. The van der Waals surface area contributed by atoms with Gasteiger partial charge in [0.15, 0.2) is 0 Å². The maximum absolute atomic E-state index is 12.3. The first kappa shape index (κ1) is 16.6. The van der Waals surface area contributed by atoms with Crippen LogP contribution in [0.2, 0.25) is 5.02 Å². The Hall–Kier alpha value is -2.25. The second-order valence-corrected chi connectivity index (χ2v) is 7.39. The third-order valence-electron chi connectivity index (χ3n) is 3.52. The number of anilines is 2. The topological polar surface area (TPSA) is 75.7 Å². The number of sulfonamides is 1. The smallest absolute Gasteiger partial charge is 0.414 e. The summed E-state index contributed by atoms with van der Waals surface area (Å²) in [6, 6.07) is 13.3. The number of amides is 1. The number of hydrogen-bond acceptors (Lipinski definition) is 4. The van der Waals surface area contributed by atoms with E-state index in [9.17, 15) is 13.2 Å². The highest BCUT2D eigenvalue weighted by Gasteiger charge is 2.23. The van der Waals surface area contributed by atoms with E-state index in [1.807, 2.05) is 0 Å². The van der Waals surface area contributed by atoms with Gasteiger partial charge >= 0.3 is 6.09 Å². The van der Waals surface area contributed by atoms with Gasteiger partial charge in [0, 0.05) is 16.4 Å². The van der Waals surface area contributed by atoms with Crippen LogP contribution >= 0.6 is 11.6 Å². The monoisotopic (exact) mass is 366 g/mol.